The smallest absolute Gasteiger partial charge is 0.237 e. The van der Waals surface area contributed by atoms with Crippen LogP contribution in [-0.2, 0) is 9.59 Å². The van der Waals surface area contributed by atoms with E-state index >= 15 is 0 Å². The van der Waals surface area contributed by atoms with Crippen LogP contribution in [0.25, 0.3) is 0 Å². The van der Waals surface area contributed by atoms with Crippen LogP contribution in [0.2, 0.25) is 0 Å². The number of hydrogen-bond donors (Lipinski definition) is 1. The van der Waals surface area contributed by atoms with E-state index in [2.05, 4.69) is 31.4 Å². The molecule has 2 amide bonds. The number of carbonyl (C=O) groups excluding carboxylic acids is 2. The Hall–Kier alpha value is -1.45. The van der Waals surface area contributed by atoms with E-state index in [0.717, 1.165) is 23.0 Å². The Bertz CT molecular complexity index is 792. The van der Waals surface area contributed by atoms with Gasteiger partial charge in [-0.3, -0.25) is 14.5 Å². The van der Waals surface area contributed by atoms with Crippen molar-refractivity contribution in [3.63, 3.8) is 0 Å². The molecule has 1 aliphatic carbocycles. The van der Waals surface area contributed by atoms with Gasteiger partial charge in [0.2, 0.25) is 16.9 Å². The molecule has 1 aromatic heterocycles. The third-order valence-corrected chi connectivity index (χ3v) is 6.48. The maximum atomic E-state index is 12.4. The number of benzene rings is 1. The summed E-state index contributed by atoms with van der Waals surface area (Å²) in [6, 6.07) is 7.69. The van der Waals surface area contributed by atoms with Crippen LogP contribution < -0.4 is 10.2 Å². The molecular formula is C17H19BrN4O2S2. The van der Waals surface area contributed by atoms with Crippen molar-refractivity contribution in [3.8, 4) is 0 Å². The van der Waals surface area contributed by atoms with Gasteiger partial charge < -0.3 is 5.32 Å². The van der Waals surface area contributed by atoms with Crippen molar-refractivity contribution in [2.45, 2.75) is 48.7 Å². The normalized spacial score (nSPS) is 14.7. The summed E-state index contributed by atoms with van der Waals surface area (Å²) in [5.41, 5.74) is 0.747. The third kappa shape index (κ3) is 4.83. The van der Waals surface area contributed by atoms with Crippen LogP contribution in [-0.4, -0.2) is 33.3 Å². The highest BCUT2D eigenvalue weighted by atomic mass is 79.9. The molecule has 1 atom stereocenters. The van der Waals surface area contributed by atoms with Gasteiger partial charge in [0, 0.05) is 22.6 Å². The summed E-state index contributed by atoms with van der Waals surface area (Å²) in [6.07, 6.45) is 2.48. The standard InChI is InChI=1S/C17H19BrN4O2S2/c1-3-14(23)22(13-8-9-13)16-20-21-17(26-16)25-10(2)15(24)19-12-6-4-11(18)5-7-12/h4-7,10,13H,3,8-9H2,1-2H3,(H,19,24)/t10-/m1/s1. The molecule has 26 heavy (non-hydrogen) atoms. The fourth-order valence-corrected chi connectivity index (χ4v) is 4.64. The van der Waals surface area contributed by atoms with Crippen molar-refractivity contribution >= 4 is 61.7 Å². The van der Waals surface area contributed by atoms with E-state index in [1.54, 1.807) is 4.90 Å². The summed E-state index contributed by atoms with van der Waals surface area (Å²) in [4.78, 5) is 26.3. The van der Waals surface area contributed by atoms with Crippen molar-refractivity contribution in [3.05, 3.63) is 28.7 Å². The minimum Gasteiger partial charge on any atom is -0.325 e. The molecule has 138 valence electrons. The molecule has 9 heteroatoms. The van der Waals surface area contributed by atoms with Crippen LogP contribution in [0.1, 0.15) is 33.1 Å². The fraction of sp³-hybridized carbons (Fsp3) is 0.412. The average molecular weight is 455 g/mol. The summed E-state index contributed by atoms with van der Waals surface area (Å²) in [6.45, 7) is 3.68. The van der Waals surface area contributed by atoms with Gasteiger partial charge in [0.05, 0.1) is 5.25 Å². The van der Waals surface area contributed by atoms with Gasteiger partial charge in [0.1, 0.15) is 0 Å². The number of rotatable bonds is 7. The summed E-state index contributed by atoms with van der Waals surface area (Å²) in [7, 11) is 0. The topological polar surface area (TPSA) is 75.2 Å². The van der Waals surface area contributed by atoms with Crippen molar-refractivity contribution in [2.75, 3.05) is 10.2 Å². The van der Waals surface area contributed by atoms with Crippen molar-refractivity contribution in [1.29, 1.82) is 0 Å². The molecule has 3 rings (SSSR count). The lowest BCUT2D eigenvalue weighted by atomic mass is 10.3. The SMILES string of the molecule is CCC(=O)N(c1nnc(S[C@H](C)C(=O)Nc2ccc(Br)cc2)s1)C1CC1. The number of halogens is 1. The molecule has 0 radical (unpaired) electrons. The van der Waals surface area contributed by atoms with Crippen molar-refractivity contribution in [1.82, 2.24) is 10.2 Å². The molecular weight excluding hydrogens is 436 g/mol. The maximum absolute atomic E-state index is 12.4. The number of carbonyl (C=O) groups is 2. The zero-order chi connectivity index (χ0) is 18.7. The predicted octanol–water partition coefficient (Wildman–Crippen LogP) is 4.33. The molecule has 1 N–H and O–H groups in total. The van der Waals surface area contributed by atoms with Gasteiger partial charge in [-0.25, -0.2) is 0 Å². The molecule has 0 unspecified atom stereocenters. The van der Waals surface area contributed by atoms with E-state index in [0.29, 0.717) is 15.9 Å². The van der Waals surface area contributed by atoms with Crippen LogP contribution in [0, 0.1) is 0 Å². The summed E-state index contributed by atoms with van der Waals surface area (Å²) >= 11 is 6.09. The third-order valence-electron chi connectivity index (χ3n) is 3.84. The number of anilines is 2. The largest absolute Gasteiger partial charge is 0.325 e. The quantitative estimate of drug-likeness (QED) is 0.497. The summed E-state index contributed by atoms with van der Waals surface area (Å²) < 4.78 is 1.65. The van der Waals surface area contributed by atoms with Gasteiger partial charge in [-0.2, -0.15) is 0 Å². The molecule has 0 aliphatic heterocycles. The number of aromatic nitrogens is 2. The minimum absolute atomic E-state index is 0.0706. The Balaban J connectivity index is 1.61. The van der Waals surface area contributed by atoms with Crippen molar-refractivity contribution < 1.29 is 9.59 Å². The second-order valence-corrected chi connectivity index (χ2v) is 9.41. The minimum atomic E-state index is -0.323. The number of hydrogen-bond acceptors (Lipinski definition) is 6. The lowest BCUT2D eigenvalue weighted by Gasteiger charge is -2.17. The highest BCUT2D eigenvalue weighted by Crippen LogP contribution is 2.37. The summed E-state index contributed by atoms with van der Waals surface area (Å²) in [5, 5.41) is 11.5. The first-order valence-electron chi connectivity index (χ1n) is 8.36. The van der Waals surface area contributed by atoms with Gasteiger partial charge in [0.15, 0.2) is 4.34 Å². The maximum Gasteiger partial charge on any atom is 0.237 e. The van der Waals surface area contributed by atoms with E-state index in [9.17, 15) is 9.59 Å². The molecule has 0 bridgehead atoms. The van der Waals surface area contributed by atoms with Crippen LogP contribution >= 0.6 is 39.0 Å². The molecule has 6 nitrogen and oxygen atoms in total. The molecule has 1 heterocycles. The Morgan fingerprint density at radius 2 is 2.04 bits per heavy atom. The Kier molecular flexibility index (Phi) is 6.31. The number of nitrogens with one attached hydrogen (secondary N) is 1. The lowest BCUT2D eigenvalue weighted by molar-refractivity contribution is -0.118. The Morgan fingerprint density at radius 1 is 1.35 bits per heavy atom. The number of nitrogens with zero attached hydrogens (tertiary/aromatic N) is 3. The van der Waals surface area contributed by atoms with Gasteiger partial charge >= 0.3 is 0 Å². The molecule has 1 saturated carbocycles. The fourth-order valence-electron chi connectivity index (χ4n) is 2.30. The highest BCUT2D eigenvalue weighted by molar-refractivity contribution is 9.10. The average Bonchev–Trinajstić information content (AvgIpc) is 3.36. The van der Waals surface area contributed by atoms with Gasteiger partial charge in [-0.05, 0) is 44.0 Å². The first-order chi connectivity index (χ1) is 12.5. The molecule has 0 spiro atoms. The number of thioether (sulfide) groups is 1. The van der Waals surface area contributed by atoms with E-state index in [1.807, 2.05) is 38.1 Å². The monoisotopic (exact) mass is 454 g/mol. The van der Waals surface area contributed by atoms with E-state index in [4.69, 9.17) is 0 Å². The van der Waals surface area contributed by atoms with E-state index in [1.165, 1.54) is 23.1 Å². The summed E-state index contributed by atoms with van der Waals surface area (Å²) in [5.74, 6) is -0.0287. The highest BCUT2D eigenvalue weighted by Gasteiger charge is 2.35. The van der Waals surface area contributed by atoms with Gasteiger partial charge in [0.25, 0.3) is 0 Å². The second-order valence-electron chi connectivity index (χ2n) is 5.96. The zero-order valence-electron chi connectivity index (χ0n) is 14.4. The van der Waals surface area contributed by atoms with Crippen molar-refractivity contribution in [2.24, 2.45) is 0 Å². The predicted molar refractivity (Wildman–Crippen MR) is 109 cm³/mol. The zero-order valence-corrected chi connectivity index (χ0v) is 17.7. The molecule has 1 aromatic carbocycles. The number of amides is 2. The van der Waals surface area contributed by atoms with E-state index < -0.39 is 0 Å². The molecule has 1 aliphatic rings. The molecule has 2 aromatic rings. The van der Waals surface area contributed by atoms with Crippen LogP contribution in [0.15, 0.2) is 33.1 Å². The lowest BCUT2D eigenvalue weighted by Crippen LogP contribution is -2.32. The van der Waals surface area contributed by atoms with E-state index in [-0.39, 0.29) is 23.1 Å². The molecule has 0 saturated heterocycles. The second kappa shape index (κ2) is 8.49. The van der Waals surface area contributed by atoms with Gasteiger partial charge in [-0.1, -0.05) is 46.0 Å². The Morgan fingerprint density at radius 3 is 2.65 bits per heavy atom. The molecule has 1 fully saturated rings. The first kappa shape index (κ1) is 19.3. The van der Waals surface area contributed by atoms with Crippen LogP contribution in [0.4, 0.5) is 10.8 Å². The Labute approximate surface area is 168 Å². The first-order valence-corrected chi connectivity index (χ1v) is 10.9. The van der Waals surface area contributed by atoms with Gasteiger partial charge in [-0.15, -0.1) is 10.2 Å². The van der Waals surface area contributed by atoms with Crippen LogP contribution in [0.3, 0.4) is 0 Å². The van der Waals surface area contributed by atoms with Crippen LogP contribution in [0.5, 0.6) is 0 Å².